The quantitative estimate of drug-likeness (QED) is 0.794. The van der Waals surface area contributed by atoms with Crippen LogP contribution < -0.4 is 10.4 Å². The van der Waals surface area contributed by atoms with Crippen molar-refractivity contribution in [3.8, 4) is 0 Å². The molecule has 23 heavy (non-hydrogen) atoms. The molecule has 126 valence electrons. The lowest BCUT2D eigenvalue weighted by Gasteiger charge is -2.31. The molecule has 1 fully saturated rings. The Morgan fingerprint density at radius 3 is 2.65 bits per heavy atom. The fraction of sp³-hybridized carbons (Fsp3) is 0.571. The van der Waals surface area contributed by atoms with E-state index in [0.29, 0.717) is 12.2 Å². The van der Waals surface area contributed by atoms with Crippen molar-refractivity contribution in [1.82, 2.24) is 23.8 Å². The molecule has 0 aliphatic carbocycles. The number of pyridine rings is 1. The Kier molecular flexibility index (Phi) is 4.51. The van der Waals surface area contributed by atoms with Crippen molar-refractivity contribution in [2.45, 2.75) is 25.4 Å². The molecule has 1 saturated heterocycles. The van der Waals surface area contributed by atoms with Gasteiger partial charge in [0.25, 0.3) is 0 Å². The van der Waals surface area contributed by atoms with Gasteiger partial charge in [-0.05, 0) is 38.1 Å². The summed E-state index contributed by atoms with van der Waals surface area (Å²) in [5.41, 5.74) is 0.516. The summed E-state index contributed by atoms with van der Waals surface area (Å²) >= 11 is 0. The zero-order chi connectivity index (χ0) is 16.4. The van der Waals surface area contributed by atoms with E-state index >= 15 is 0 Å². The summed E-state index contributed by atoms with van der Waals surface area (Å²) in [6, 6.07) is 5.48. The SMILES string of the molecule is CS(=O)(=O)NC1CCN(CCn2nc3ccccn3c2=O)CC1. The van der Waals surface area contributed by atoms with Gasteiger partial charge < -0.3 is 4.90 Å². The van der Waals surface area contributed by atoms with E-state index in [4.69, 9.17) is 0 Å². The van der Waals surface area contributed by atoms with Crippen molar-refractivity contribution in [3.05, 3.63) is 34.9 Å². The van der Waals surface area contributed by atoms with Crippen LogP contribution in [-0.4, -0.2) is 59.4 Å². The Labute approximate surface area is 134 Å². The van der Waals surface area contributed by atoms with Gasteiger partial charge in [0.2, 0.25) is 10.0 Å². The second-order valence-electron chi connectivity index (χ2n) is 5.94. The number of rotatable bonds is 5. The Hall–Kier alpha value is -1.71. The third-order valence-electron chi connectivity index (χ3n) is 4.08. The molecule has 0 atom stereocenters. The van der Waals surface area contributed by atoms with Crippen LogP contribution in [0.15, 0.2) is 29.2 Å². The highest BCUT2D eigenvalue weighted by atomic mass is 32.2. The van der Waals surface area contributed by atoms with E-state index in [0.717, 1.165) is 32.5 Å². The minimum absolute atomic E-state index is 0.0131. The third kappa shape index (κ3) is 3.98. The molecule has 0 spiro atoms. The molecule has 2 aromatic rings. The number of sulfonamides is 1. The summed E-state index contributed by atoms with van der Waals surface area (Å²) in [6.07, 6.45) is 4.47. The lowest BCUT2D eigenvalue weighted by Crippen LogP contribution is -2.45. The van der Waals surface area contributed by atoms with Crippen LogP contribution in [0.25, 0.3) is 5.65 Å². The van der Waals surface area contributed by atoms with Gasteiger partial charge in [0.15, 0.2) is 5.65 Å². The molecule has 9 heteroatoms. The lowest BCUT2D eigenvalue weighted by atomic mass is 10.1. The third-order valence-corrected chi connectivity index (χ3v) is 4.85. The standard InChI is InChI=1S/C14H21N5O3S/c1-23(21,22)16-12-5-8-17(9-6-12)10-11-19-14(20)18-7-3-2-4-13(18)15-19/h2-4,7,12,16H,5-6,8-11H2,1H3. The molecule has 3 rings (SSSR count). The number of likely N-dealkylation sites (tertiary alicyclic amines) is 1. The summed E-state index contributed by atoms with van der Waals surface area (Å²) in [5.74, 6) is 0. The molecule has 1 aliphatic rings. The van der Waals surface area contributed by atoms with Gasteiger partial charge in [-0.2, -0.15) is 0 Å². The van der Waals surface area contributed by atoms with E-state index in [2.05, 4.69) is 14.7 Å². The van der Waals surface area contributed by atoms with Crippen LogP contribution >= 0.6 is 0 Å². The second kappa shape index (κ2) is 6.42. The fourth-order valence-electron chi connectivity index (χ4n) is 2.93. The number of fused-ring (bicyclic) bond motifs is 1. The fourth-order valence-corrected chi connectivity index (χ4v) is 3.77. The van der Waals surface area contributed by atoms with E-state index in [1.165, 1.54) is 15.3 Å². The zero-order valence-corrected chi connectivity index (χ0v) is 13.9. The predicted molar refractivity (Wildman–Crippen MR) is 86.9 cm³/mol. The van der Waals surface area contributed by atoms with E-state index in [-0.39, 0.29) is 11.7 Å². The number of nitrogens with zero attached hydrogens (tertiary/aromatic N) is 4. The summed E-state index contributed by atoms with van der Waals surface area (Å²) < 4.78 is 28.1. The van der Waals surface area contributed by atoms with Crippen LogP contribution in [0.2, 0.25) is 0 Å². The van der Waals surface area contributed by atoms with Crippen molar-refractivity contribution >= 4 is 15.7 Å². The highest BCUT2D eigenvalue weighted by molar-refractivity contribution is 7.88. The first-order valence-corrected chi connectivity index (χ1v) is 9.55. The largest absolute Gasteiger partial charge is 0.350 e. The summed E-state index contributed by atoms with van der Waals surface area (Å²) in [6.45, 7) is 2.89. The number of piperidine rings is 1. The normalized spacial score (nSPS) is 17.8. The van der Waals surface area contributed by atoms with Crippen molar-refractivity contribution < 1.29 is 8.42 Å². The maximum absolute atomic E-state index is 12.2. The summed E-state index contributed by atoms with van der Waals surface area (Å²) in [4.78, 5) is 14.4. The second-order valence-corrected chi connectivity index (χ2v) is 7.72. The maximum atomic E-state index is 12.2. The van der Waals surface area contributed by atoms with E-state index < -0.39 is 10.0 Å². The topological polar surface area (TPSA) is 88.7 Å². The minimum atomic E-state index is -3.14. The number of hydrogen-bond donors (Lipinski definition) is 1. The molecule has 0 amide bonds. The molecular weight excluding hydrogens is 318 g/mol. The maximum Gasteiger partial charge on any atom is 0.350 e. The Bertz CT molecular complexity index is 833. The van der Waals surface area contributed by atoms with Gasteiger partial charge in [-0.25, -0.2) is 22.6 Å². The van der Waals surface area contributed by atoms with Gasteiger partial charge in [0.05, 0.1) is 12.8 Å². The molecule has 0 unspecified atom stereocenters. The number of hydrogen-bond acceptors (Lipinski definition) is 5. The van der Waals surface area contributed by atoms with E-state index in [1.807, 2.05) is 6.07 Å². The van der Waals surface area contributed by atoms with Crippen molar-refractivity contribution in [1.29, 1.82) is 0 Å². The van der Waals surface area contributed by atoms with Crippen LogP contribution in [0.4, 0.5) is 0 Å². The van der Waals surface area contributed by atoms with Crippen LogP contribution in [-0.2, 0) is 16.6 Å². The van der Waals surface area contributed by atoms with Gasteiger partial charge in [-0.15, -0.1) is 5.10 Å². The average Bonchev–Trinajstić information content (AvgIpc) is 2.82. The van der Waals surface area contributed by atoms with Gasteiger partial charge in [-0.3, -0.25) is 4.40 Å². The zero-order valence-electron chi connectivity index (χ0n) is 13.1. The van der Waals surface area contributed by atoms with Crippen molar-refractivity contribution in [3.63, 3.8) is 0 Å². The Balaban J connectivity index is 1.55. The van der Waals surface area contributed by atoms with Crippen LogP contribution in [0.5, 0.6) is 0 Å². The van der Waals surface area contributed by atoms with E-state index in [1.54, 1.807) is 18.3 Å². The highest BCUT2D eigenvalue weighted by Gasteiger charge is 2.21. The molecule has 0 radical (unpaired) electrons. The van der Waals surface area contributed by atoms with Gasteiger partial charge >= 0.3 is 5.69 Å². The average molecular weight is 339 g/mol. The molecule has 3 heterocycles. The van der Waals surface area contributed by atoms with Crippen molar-refractivity contribution in [2.75, 3.05) is 25.9 Å². The number of aromatic nitrogens is 3. The molecule has 2 aromatic heterocycles. The summed E-state index contributed by atoms with van der Waals surface area (Å²) in [7, 11) is -3.14. The lowest BCUT2D eigenvalue weighted by molar-refractivity contribution is 0.197. The molecular formula is C14H21N5O3S. The van der Waals surface area contributed by atoms with Crippen LogP contribution in [0.1, 0.15) is 12.8 Å². The van der Waals surface area contributed by atoms with Crippen molar-refractivity contribution in [2.24, 2.45) is 0 Å². The molecule has 1 N–H and O–H groups in total. The molecule has 0 bridgehead atoms. The predicted octanol–water partition coefficient (Wildman–Crippen LogP) is -0.490. The first-order chi connectivity index (χ1) is 10.9. The monoisotopic (exact) mass is 339 g/mol. The van der Waals surface area contributed by atoms with Gasteiger partial charge in [-0.1, -0.05) is 6.07 Å². The highest BCUT2D eigenvalue weighted by Crippen LogP contribution is 2.10. The first-order valence-electron chi connectivity index (χ1n) is 7.66. The molecule has 0 saturated carbocycles. The summed E-state index contributed by atoms with van der Waals surface area (Å²) in [5, 5.41) is 4.31. The van der Waals surface area contributed by atoms with Crippen LogP contribution in [0, 0.1) is 0 Å². The number of nitrogens with one attached hydrogen (secondary N) is 1. The molecule has 1 aliphatic heterocycles. The van der Waals surface area contributed by atoms with Crippen LogP contribution in [0.3, 0.4) is 0 Å². The van der Waals surface area contributed by atoms with E-state index in [9.17, 15) is 13.2 Å². The smallest absolute Gasteiger partial charge is 0.301 e. The van der Waals surface area contributed by atoms with Gasteiger partial charge in [0.1, 0.15) is 0 Å². The Morgan fingerprint density at radius 1 is 1.26 bits per heavy atom. The Morgan fingerprint density at radius 2 is 2.00 bits per heavy atom. The molecule has 0 aromatic carbocycles. The molecule has 8 nitrogen and oxygen atoms in total. The van der Waals surface area contributed by atoms with Gasteiger partial charge in [0, 0.05) is 18.8 Å². The first kappa shape index (κ1) is 16.2. The minimum Gasteiger partial charge on any atom is -0.301 e.